The van der Waals surface area contributed by atoms with Crippen molar-refractivity contribution in [1.82, 2.24) is 0 Å². The van der Waals surface area contributed by atoms with Crippen molar-refractivity contribution in [3.8, 4) is 0 Å². The molecule has 2 aromatic rings. The summed E-state index contributed by atoms with van der Waals surface area (Å²) in [5.74, 6) is 0. The number of hydrogen-bond acceptors (Lipinski definition) is 3. The maximum Gasteiger partial charge on any atom is 0.174 e. The molecule has 2 aromatic carbocycles. The van der Waals surface area contributed by atoms with Crippen molar-refractivity contribution in [3.63, 3.8) is 0 Å². The molecule has 0 aliphatic rings. The SMILES string of the molecule is OC(CN=Cc1ccc(Cl)c(Cl)c1)OCc1ccc(Cl)cc1. The lowest BCUT2D eigenvalue weighted by Crippen LogP contribution is -2.15. The third-order valence-corrected chi connectivity index (χ3v) is 3.79. The fourth-order valence-corrected chi connectivity index (χ4v) is 2.10. The van der Waals surface area contributed by atoms with E-state index >= 15 is 0 Å². The van der Waals surface area contributed by atoms with Crippen LogP contribution in [0.1, 0.15) is 11.1 Å². The topological polar surface area (TPSA) is 41.8 Å². The van der Waals surface area contributed by atoms with Gasteiger partial charge in [-0.2, -0.15) is 0 Å². The Morgan fingerprint density at radius 1 is 1.05 bits per heavy atom. The standard InChI is InChI=1S/C16H14Cl3NO2/c17-13-4-1-11(2-5-13)10-22-16(21)9-20-8-12-3-6-14(18)15(19)7-12/h1-8,16,21H,9-10H2. The number of benzene rings is 2. The Balaban J connectivity index is 1.79. The molecule has 0 bridgehead atoms. The molecule has 0 radical (unpaired) electrons. The van der Waals surface area contributed by atoms with Crippen LogP contribution in [-0.2, 0) is 11.3 Å². The molecule has 1 N–H and O–H groups in total. The van der Waals surface area contributed by atoms with Crippen LogP contribution in [0.4, 0.5) is 0 Å². The van der Waals surface area contributed by atoms with Crippen LogP contribution >= 0.6 is 34.8 Å². The van der Waals surface area contributed by atoms with Gasteiger partial charge >= 0.3 is 0 Å². The highest BCUT2D eigenvalue weighted by Crippen LogP contribution is 2.21. The maximum atomic E-state index is 9.73. The van der Waals surface area contributed by atoms with Crippen LogP contribution in [-0.4, -0.2) is 24.2 Å². The van der Waals surface area contributed by atoms with E-state index in [1.54, 1.807) is 36.5 Å². The minimum absolute atomic E-state index is 0.133. The van der Waals surface area contributed by atoms with E-state index in [0.717, 1.165) is 11.1 Å². The molecule has 3 nitrogen and oxygen atoms in total. The van der Waals surface area contributed by atoms with Gasteiger partial charge in [0, 0.05) is 11.2 Å². The largest absolute Gasteiger partial charge is 0.366 e. The summed E-state index contributed by atoms with van der Waals surface area (Å²) in [6, 6.07) is 12.4. The van der Waals surface area contributed by atoms with Crippen molar-refractivity contribution in [2.45, 2.75) is 12.9 Å². The maximum absolute atomic E-state index is 9.73. The van der Waals surface area contributed by atoms with Crippen molar-refractivity contribution in [2.24, 2.45) is 4.99 Å². The zero-order valence-electron chi connectivity index (χ0n) is 11.5. The van der Waals surface area contributed by atoms with Crippen LogP contribution in [0.3, 0.4) is 0 Å². The number of rotatable bonds is 6. The number of aliphatic hydroxyl groups is 1. The minimum atomic E-state index is -0.977. The Morgan fingerprint density at radius 3 is 2.45 bits per heavy atom. The lowest BCUT2D eigenvalue weighted by molar-refractivity contribution is -0.0996. The molecule has 0 aliphatic heterocycles. The highest BCUT2D eigenvalue weighted by atomic mass is 35.5. The summed E-state index contributed by atoms with van der Waals surface area (Å²) in [6.45, 7) is 0.425. The summed E-state index contributed by atoms with van der Waals surface area (Å²) in [5.41, 5.74) is 1.73. The molecule has 0 fully saturated rings. The molecule has 22 heavy (non-hydrogen) atoms. The molecule has 0 aromatic heterocycles. The van der Waals surface area contributed by atoms with Gasteiger partial charge < -0.3 is 9.84 Å². The van der Waals surface area contributed by atoms with Gasteiger partial charge in [-0.05, 0) is 35.4 Å². The average Bonchev–Trinajstić information content (AvgIpc) is 2.50. The number of aliphatic hydroxyl groups excluding tert-OH is 1. The van der Waals surface area contributed by atoms with E-state index in [2.05, 4.69) is 4.99 Å². The van der Waals surface area contributed by atoms with Gasteiger partial charge in [0.15, 0.2) is 6.29 Å². The number of nitrogens with zero attached hydrogens (tertiary/aromatic N) is 1. The van der Waals surface area contributed by atoms with E-state index in [9.17, 15) is 5.11 Å². The second kappa shape index (κ2) is 8.51. The molecule has 6 heteroatoms. The van der Waals surface area contributed by atoms with Crippen LogP contribution in [0.5, 0.6) is 0 Å². The van der Waals surface area contributed by atoms with Crippen LogP contribution < -0.4 is 0 Å². The molecule has 0 saturated heterocycles. The Bertz CT molecular complexity index is 644. The number of hydrogen-bond donors (Lipinski definition) is 1. The quantitative estimate of drug-likeness (QED) is 0.605. The predicted molar refractivity (Wildman–Crippen MR) is 91.2 cm³/mol. The second-order valence-corrected chi connectivity index (χ2v) is 5.81. The van der Waals surface area contributed by atoms with Gasteiger partial charge in [-0.3, -0.25) is 4.99 Å². The van der Waals surface area contributed by atoms with E-state index in [4.69, 9.17) is 39.5 Å². The molecule has 1 atom stereocenters. The monoisotopic (exact) mass is 357 g/mol. The first-order valence-corrected chi connectivity index (χ1v) is 7.67. The Labute approximate surface area is 144 Å². The Hall–Kier alpha value is -1.10. The van der Waals surface area contributed by atoms with Gasteiger partial charge in [0.25, 0.3) is 0 Å². The van der Waals surface area contributed by atoms with Gasteiger partial charge in [-0.1, -0.05) is 53.0 Å². The highest BCUT2D eigenvalue weighted by Gasteiger charge is 2.03. The summed E-state index contributed by atoms with van der Waals surface area (Å²) < 4.78 is 5.30. The van der Waals surface area contributed by atoms with Crippen molar-refractivity contribution in [2.75, 3.05) is 6.54 Å². The molecule has 0 saturated carbocycles. The molecule has 0 aliphatic carbocycles. The lowest BCUT2D eigenvalue weighted by Gasteiger charge is -2.09. The first-order valence-electron chi connectivity index (χ1n) is 6.53. The fourth-order valence-electron chi connectivity index (χ4n) is 1.67. The Morgan fingerprint density at radius 2 is 1.77 bits per heavy atom. The average molecular weight is 359 g/mol. The van der Waals surface area contributed by atoms with Crippen LogP contribution in [0.2, 0.25) is 15.1 Å². The first kappa shape index (κ1) is 17.3. The van der Waals surface area contributed by atoms with E-state index < -0.39 is 6.29 Å². The molecule has 0 heterocycles. The van der Waals surface area contributed by atoms with Crippen molar-refractivity contribution >= 4 is 41.0 Å². The zero-order valence-corrected chi connectivity index (χ0v) is 13.8. The minimum Gasteiger partial charge on any atom is -0.366 e. The summed E-state index contributed by atoms with van der Waals surface area (Å²) in [7, 11) is 0. The van der Waals surface area contributed by atoms with E-state index in [-0.39, 0.29) is 6.54 Å². The third-order valence-electron chi connectivity index (χ3n) is 2.80. The Kier molecular flexibility index (Phi) is 6.68. The summed E-state index contributed by atoms with van der Waals surface area (Å²) in [5, 5.41) is 11.3. The summed E-state index contributed by atoms with van der Waals surface area (Å²) >= 11 is 17.5. The highest BCUT2D eigenvalue weighted by molar-refractivity contribution is 6.42. The lowest BCUT2D eigenvalue weighted by atomic mass is 10.2. The van der Waals surface area contributed by atoms with Gasteiger partial charge in [0.1, 0.15) is 0 Å². The zero-order chi connectivity index (χ0) is 15.9. The van der Waals surface area contributed by atoms with Gasteiger partial charge in [0.2, 0.25) is 0 Å². The van der Waals surface area contributed by atoms with E-state index in [1.165, 1.54) is 0 Å². The molecule has 116 valence electrons. The van der Waals surface area contributed by atoms with Gasteiger partial charge in [0.05, 0.1) is 23.2 Å². The molecule has 2 rings (SSSR count). The van der Waals surface area contributed by atoms with Crippen LogP contribution in [0, 0.1) is 0 Å². The molecular formula is C16H14Cl3NO2. The number of ether oxygens (including phenoxy) is 1. The van der Waals surface area contributed by atoms with Gasteiger partial charge in [-0.25, -0.2) is 0 Å². The number of aliphatic imine (C=N–C) groups is 1. The predicted octanol–water partition coefficient (Wildman–Crippen LogP) is 4.60. The summed E-state index contributed by atoms with van der Waals surface area (Å²) in [4.78, 5) is 4.12. The van der Waals surface area contributed by atoms with Crippen molar-refractivity contribution in [1.29, 1.82) is 0 Å². The molecule has 0 spiro atoms. The molecular weight excluding hydrogens is 345 g/mol. The second-order valence-electron chi connectivity index (χ2n) is 4.56. The van der Waals surface area contributed by atoms with Crippen molar-refractivity contribution < 1.29 is 9.84 Å². The van der Waals surface area contributed by atoms with E-state index in [0.29, 0.717) is 21.7 Å². The smallest absolute Gasteiger partial charge is 0.174 e. The first-order chi connectivity index (χ1) is 10.5. The summed E-state index contributed by atoms with van der Waals surface area (Å²) in [6.07, 6.45) is 0.631. The van der Waals surface area contributed by atoms with Crippen LogP contribution in [0.25, 0.3) is 0 Å². The normalized spacial score (nSPS) is 12.7. The number of halogens is 3. The van der Waals surface area contributed by atoms with Gasteiger partial charge in [-0.15, -0.1) is 0 Å². The van der Waals surface area contributed by atoms with Crippen molar-refractivity contribution in [3.05, 3.63) is 68.7 Å². The third kappa shape index (κ3) is 5.59. The fraction of sp³-hybridized carbons (Fsp3) is 0.188. The molecule has 1 unspecified atom stereocenters. The van der Waals surface area contributed by atoms with Crippen LogP contribution in [0.15, 0.2) is 47.5 Å². The molecule has 0 amide bonds. The van der Waals surface area contributed by atoms with E-state index in [1.807, 2.05) is 12.1 Å².